The Balaban J connectivity index is 2.98. The van der Waals surface area contributed by atoms with E-state index in [0.29, 0.717) is 0 Å². The summed E-state index contributed by atoms with van der Waals surface area (Å²) in [5.74, 6) is -4.30. The van der Waals surface area contributed by atoms with E-state index in [4.69, 9.17) is 23.2 Å². The molecule has 0 bridgehead atoms. The van der Waals surface area contributed by atoms with E-state index in [-0.39, 0.29) is 21.1 Å². The molecular formula is C9H2Cl2F3N. The van der Waals surface area contributed by atoms with Gasteiger partial charge in [0.1, 0.15) is 10.7 Å². The quantitative estimate of drug-likeness (QED) is 0.510. The van der Waals surface area contributed by atoms with Gasteiger partial charge in [-0.3, -0.25) is 0 Å². The molecule has 0 N–H and O–H groups in total. The second-order valence-electron chi connectivity index (χ2n) is 2.81. The molecule has 0 unspecified atom stereocenters. The molecule has 6 heteroatoms. The number of benzene rings is 1. The molecule has 0 radical (unpaired) electrons. The van der Waals surface area contributed by atoms with E-state index >= 15 is 0 Å². The molecule has 0 amide bonds. The van der Waals surface area contributed by atoms with Crippen LogP contribution in [0.1, 0.15) is 0 Å². The second kappa shape index (κ2) is 3.54. The Bertz CT molecular complexity index is 557. The van der Waals surface area contributed by atoms with Gasteiger partial charge in [-0.15, -0.1) is 0 Å². The molecule has 0 aliphatic rings. The highest BCUT2D eigenvalue weighted by Gasteiger charge is 2.16. The van der Waals surface area contributed by atoms with Crippen molar-refractivity contribution < 1.29 is 13.2 Å². The highest BCUT2D eigenvalue weighted by atomic mass is 35.5. The summed E-state index contributed by atoms with van der Waals surface area (Å²) in [6.07, 6.45) is 0. The molecule has 1 heterocycles. The SMILES string of the molecule is Fc1cc2c(Cl)cc(Cl)nc2c(F)c1F. The summed E-state index contributed by atoms with van der Waals surface area (Å²) in [6, 6.07) is 2.00. The Morgan fingerprint density at radius 2 is 1.67 bits per heavy atom. The van der Waals surface area contributed by atoms with Crippen LogP contribution in [0, 0.1) is 17.5 Å². The normalized spacial score (nSPS) is 11.0. The van der Waals surface area contributed by atoms with Crippen LogP contribution in [0.15, 0.2) is 12.1 Å². The van der Waals surface area contributed by atoms with Crippen LogP contribution in [0.5, 0.6) is 0 Å². The summed E-state index contributed by atoms with van der Waals surface area (Å²) in [5, 5.41) is -0.0855. The van der Waals surface area contributed by atoms with Crippen LogP contribution < -0.4 is 0 Å². The Kier molecular flexibility index (Phi) is 2.48. The molecule has 0 aliphatic carbocycles. The molecule has 1 nitrogen and oxygen atoms in total. The lowest BCUT2D eigenvalue weighted by Gasteiger charge is -2.03. The number of nitrogens with zero attached hydrogens (tertiary/aromatic N) is 1. The van der Waals surface area contributed by atoms with Crippen molar-refractivity contribution in [3.8, 4) is 0 Å². The molecule has 0 saturated carbocycles. The standard InChI is InChI=1S/C9H2Cl2F3N/c10-4-2-6(11)15-9-3(4)1-5(12)7(13)8(9)14/h1-2H. The van der Waals surface area contributed by atoms with Gasteiger partial charge in [0.2, 0.25) is 0 Å². The van der Waals surface area contributed by atoms with E-state index < -0.39 is 17.5 Å². The lowest BCUT2D eigenvalue weighted by Crippen LogP contribution is -1.95. The molecule has 0 saturated heterocycles. The zero-order valence-electron chi connectivity index (χ0n) is 6.99. The molecule has 78 valence electrons. The summed E-state index contributed by atoms with van der Waals surface area (Å²) >= 11 is 11.2. The fraction of sp³-hybridized carbons (Fsp3) is 0. The highest BCUT2D eigenvalue weighted by molar-refractivity contribution is 6.37. The van der Waals surface area contributed by atoms with Gasteiger partial charge >= 0.3 is 0 Å². The molecule has 2 aromatic rings. The monoisotopic (exact) mass is 251 g/mol. The summed E-state index contributed by atoms with van der Waals surface area (Å²) in [7, 11) is 0. The van der Waals surface area contributed by atoms with Gasteiger partial charge in [-0.05, 0) is 12.1 Å². The first-order valence-corrected chi connectivity index (χ1v) is 4.55. The van der Waals surface area contributed by atoms with Crippen LogP contribution >= 0.6 is 23.2 Å². The maximum Gasteiger partial charge on any atom is 0.196 e. The maximum absolute atomic E-state index is 13.2. The van der Waals surface area contributed by atoms with Crippen LogP contribution in [0.3, 0.4) is 0 Å². The van der Waals surface area contributed by atoms with Gasteiger partial charge in [0.15, 0.2) is 17.5 Å². The zero-order chi connectivity index (χ0) is 11.2. The molecule has 0 spiro atoms. The third kappa shape index (κ3) is 1.64. The summed E-state index contributed by atoms with van der Waals surface area (Å²) < 4.78 is 38.9. The molecule has 0 aliphatic heterocycles. The van der Waals surface area contributed by atoms with Crippen molar-refractivity contribution in [2.75, 3.05) is 0 Å². The van der Waals surface area contributed by atoms with Crippen LogP contribution in [0.4, 0.5) is 13.2 Å². The predicted octanol–water partition coefficient (Wildman–Crippen LogP) is 3.96. The van der Waals surface area contributed by atoms with Crippen molar-refractivity contribution in [1.82, 2.24) is 4.98 Å². The smallest absolute Gasteiger partial charge is 0.196 e. The van der Waals surface area contributed by atoms with E-state index in [1.54, 1.807) is 0 Å². The topological polar surface area (TPSA) is 12.9 Å². The van der Waals surface area contributed by atoms with Gasteiger partial charge in [0.25, 0.3) is 0 Å². The van der Waals surface area contributed by atoms with Gasteiger partial charge < -0.3 is 0 Å². The first-order valence-electron chi connectivity index (χ1n) is 3.80. The maximum atomic E-state index is 13.2. The highest BCUT2D eigenvalue weighted by Crippen LogP contribution is 2.29. The van der Waals surface area contributed by atoms with Gasteiger partial charge in [-0.1, -0.05) is 23.2 Å². The fourth-order valence-electron chi connectivity index (χ4n) is 1.20. The van der Waals surface area contributed by atoms with Gasteiger partial charge in [0.05, 0.1) is 5.02 Å². The van der Waals surface area contributed by atoms with Crippen LogP contribution in [0.2, 0.25) is 10.2 Å². The zero-order valence-corrected chi connectivity index (χ0v) is 8.50. The molecule has 2 rings (SSSR count). The average Bonchev–Trinajstić information content (AvgIpc) is 2.17. The number of hydrogen-bond donors (Lipinski definition) is 0. The van der Waals surface area contributed by atoms with Crippen LogP contribution in [-0.4, -0.2) is 4.98 Å². The minimum Gasteiger partial charge on any atom is -0.233 e. The number of fused-ring (bicyclic) bond motifs is 1. The minimum absolute atomic E-state index is 0.0162. The van der Waals surface area contributed by atoms with Gasteiger partial charge in [0, 0.05) is 5.39 Å². The summed E-state index contributed by atoms with van der Waals surface area (Å²) in [5.41, 5.74) is -0.383. The largest absolute Gasteiger partial charge is 0.233 e. The molecule has 0 fully saturated rings. The summed E-state index contributed by atoms with van der Waals surface area (Å²) in [6.45, 7) is 0. The Morgan fingerprint density at radius 1 is 1.00 bits per heavy atom. The molecular weight excluding hydrogens is 250 g/mol. The first-order chi connectivity index (χ1) is 7.00. The van der Waals surface area contributed by atoms with Crippen LogP contribution in [-0.2, 0) is 0 Å². The van der Waals surface area contributed by atoms with Gasteiger partial charge in [-0.2, -0.15) is 0 Å². The van der Waals surface area contributed by atoms with Crippen molar-refractivity contribution in [2.45, 2.75) is 0 Å². The number of hydrogen-bond acceptors (Lipinski definition) is 1. The third-order valence-electron chi connectivity index (χ3n) is 1.86. The second-order valence-corrected chi connectivity index (χ2v) is 3.60. The predicted molar refractivity (Wildman–Crippen MR) is 51.6 cm³/mol. The number of pyridine rings is 1. The first kappa shape index (κ1) is 10.5. The van der Waals surface area contributed by atoms with Crippen molar-refractivity contribution in [3.63, 3.8) is 0 Å². The third-order valence-corrected chi connectivity index (χ3v) is 2.36. The number of rotatable bonds is 0. The Labute approximate surface area is 92.4 Å². The summed E-state index contributed by atoms with van der Waals surface area (Å²) in [4.78, 5) is 3.54. The van der Waals surface area contributed by atoms with E-state index in [9.17, 15) is 13.2 Å². The number of halogens is 5. The molecule has 1 aromatic carbocycles. The van der Waals surface area contributed by atoms with E-state index in [2.05, 4.69) is 4.98 Å². The van der Waals surface area contributed by atoms with E-state index in [1.807, 2.05) is 0 Å². The lowest BCUT2D eigenvalue weighted by molar-refractivity contribution is 0.452. The van der Waals surface area contributed by atoms with Crippen molar-refractivity contribution in [3.05, 3.63) is 39.8 Å². The van der Waals surface area contributed by atoms with Crippen molar-refractivity contribution >= 4 is 34.1 Å². The lowest BCUT2D eigenvalue weighted by atomic mass is 10.2. The Hall–Kier alpha value is -1.00. The van der Waals surface area contributed by atoms with E-state index in [1.165, 1.54) is 6.07 Å². The van der Waals surface area contributed by atoms with Crippen molar-refractivity contribution in [1.29, 1.82) is 0 Å². The fourth-order valence-corrected chi connectivity index (χ4v) is 1.70. The van der Waals surface area contributed by atoms with Gasteiger partial charge in [-0.25, -0.2) is 18.2 Å². The molecule has 15 heavy (non-hydrogen) atoms. The Morgan fingerprint density at radius 3 is 2.33 bits per heavy atom. The minimum atomic E-state index is -1.59. The number of aromatic nitrogens is 1. The van der Waals surface area contributed by atoms with Crippen molar-refractivity contribution in [2.24, 2.45) is 0 Å². The average molecular weight is 252 g/mol. The molecule has 0 atom stereocenters. The molecule has 1 aromatic heterocycles. The van der Waals surface area contributed by atoms with Crippen LogP contribution in [0.25, 0.3) is 10.9 Å². The van der Waals surface area contributed by atoms with E-state index in [0.717, 1.165) is 6.07 Å².